The van der Waals surface area contributed by atoms with E-state index < -0.39 is 0 Å². The largest absolute Gasteiger partial charge is 0.395 e. The molecule has 2 N–H and O–H groups in total. The van der Waals surface area contributed by atoms with Gasteiger partial charge in [-0.15, -0.1) is 0 Å². The summed E-state index contributed by atoms with van der Waals surface area (Å²) in [5, 5.41) is 16.8. The number of H-pyrrole nitrogens is 1. The Morgan fingerprint density at radius 3 is 2.65 bits per heavy atom. The third-order valence-electron chi connectivity index (χ3n) is 3.41. The Kier molecular flexibility index (Phi) is 5.26. The van der Waals surface area contributed by atoms with E-state index >= 15 is 0 Å². The highest BCUT2D eigenvalue weighted by Crippen LogP contribution is 2.13. The number of hydrogen-bond donors (Lipinski definition) is 2. The lowest BCUT2D eigenvalue weighted by Gasteiger charge is -2.28. The molecular weight excluding hydrogens is 252 g/mol. The van der Waals surface area contributed by atoms with Gasteiger partial charge in [0.25, 0.3) is 0 Å². The first kappa shape index (κ1) is 14.7. The minimum absolute atomic E-state index is 0.119. The summed E-state index contributed by atoms with van der Waals surface area (Å²) in [5.74, 6) is 0. The summed E-state index contributed by atoms with van der Waals surface area (Å²) >= 11 is 0. The summed E-state index contributed by atoms with van der Waals surface area (Å²) < 4.78 is 0. The van der Waals surface area contributed by atoms with Gasteiger partial charge in [-0.25, -0.2) is 0 Å². The fourth-order valence-electron chi connectivity index (χ4n) is 2.28. The quantitative estimate of drug-likeness (QED) is 0.809. The average molecular weight is 274 g/mol. The summed E-state index contributed by atoms with van der Waals surface area (Å²) in [7, 11) is 0. The van der Waals surface area contributed by atoms with Crippen LogP contribution in [0.3, 0.4) is 0 Å². The Bertz CT molecular complexity index is 508. The summed E-state index contributed by atoms with van der Waals surface area (Å²) in [5.41, 5.74) is 3.05. The van der Waals surface area contributed by atoms with E-state index in [1.807, 2.05) is 31.2 Å². The van der Waals surface area contributed by atoms with Gasteiger partial charge in [0.1, 0.15) is 0 Å². The molecule has 0 saturated heterocycles. The van der Waals surface area contributed by atoms with E-state index in [1.165, 1.54) is 0 Å². The third-order valence-corrected chi connectivity index (χ3v) is 3.41. The monoisotopic (exact) mass is 274 g/mol. The number of aliphatic hydroxyl groups is 1. The Hall–Kier alpha value is -1.72. The van der Waals surface area contributed by atoms with Crippen molar-refractivity contribution in [1.82, 2.24) is 20.1 Å². The first-order valence-electron chi connectivity index (χ1n) is 6.98. The van der Waals surface area contributed by atoms with Crippen LogP contribution in [0.1, 0.15) is 30.4 Å². The molecule has 2 aromatic rings. The van der Waals surface area contributed by atoms with Crippen molar-refractivity contribution < 1.29 is 5.11 Å². The van der Waals surface area contributed by atoms with Gasteiger partial charge in [-0.1, -0.05) is 13.0 Å². The number of aromatic nitrogens is 3. The number of nitrogens with zero attached hydrogens (tertiary/aromatic N) is 3. The number of aryl methyl sites for hydroxylation is 1. The Morgan fingerprint density at radius 2 is 2.10 bits per heavy atom. The minimum atomic E-state index is 0.119. The molecule has 2 aromatic heterocycles. The smallest absolute Gasteiger partial charge is 0.0765 e. The number of aromatic amines is 1. The first-order chi connectivity index (χ1) is 9.72. The molecule has 0 spiro atoms. The number of rotatable bonds is 7. The molecule has 5 nitrogen and oxygen atoms in total. The van der Waals surface area contributed by atoms with Crippen LogP contribution in [0.5, 0.6) is 0 Å². The van der Waals surface area contributed by atoms with Gasteiger partial charge in [-0.3, -0.25) is 15.0 Å². The van der Waals surface area contributed by atoms with E-state index in [0.29, 0.717) is 13.1 Å². The van der Waals surface area contributed by atoms with Crippen LogP contribution in [0.4, 0.5) is 0 Å². The van der Waals surface area contributed by atoms with E-state index in [1.54, 1.807) is 6.20 Å². The van der Waals surface area contributed by atoms with Crippen LogP contribution in [0.25, 0.3) is 0 Å². The molecule has 0 aliphatic heterocycles. The predicted octanol–water partition coefficient (Wildman–Crippen LogP) is 1.89. The molecule has 0 aliphatic carbocycles. The number of hydrogen-bond acceptors (Lipinski definition) is 4. The van der Waals surface area contributed by atoms with Gasteiger partial charge in [0, 0.05) is 31.0 Å². The maximum absolute atomic E-state index is 9.57. The highest BCUT2D eigenvalue weighted by Gasteiger charge is 2.18. The Balaban J connectivity index is 2.11. The van der Waals surface area contributed by atoms with E-state index in [0.717, 1.165) is 23.5 Å². The molecule has 1 atom stereocenters. The summed E-state index contributed by atoms with van der Waals surface area (Å²) in [6, 6.07) is 8.06. The molecule has 0 amide bonds. The van der Waals surface area contributed by atoms with Crippen molar-refractivity contribution in [1.29, 1.82) is 0 Å². The molecule has 108 valence electrons. The van der Waals surface area contributed by atoms with Crippen LogP contribution in [-0.2, 0) is 13.1 Å². The topological polar surface area (TPSA) is 65.0 Å². The van der Waals surface area contributed by atoms with Gasteiger partial charge in [-0.2, -0.15) is 5.10 Å². The minimum Gasteiger partial charge on any atom is -0.395 e. The third kappa shape index (κ3) is 3.88. The van der Waals surface area contributed by atoms with Crippen LogP contribution in [-0.4, -0.2) is 37.8 Å². The second-order valence-corrected chi connectivity index (χ2v) is 5.01. The fraction of sp³-hybridized carbons (Fsp3) is 0.467. The van der Waals surface area contributed by atoms with Gasteiger partial charge < -0.3 is 5.11 Å². The Labute approximate surface area is 119 Å². The van der Waals surface area contributed by atoms with Crippen LogP contribution in [0.2, 0.25) is 0 Å². The van der Waals surface area contributed by atoms with Crippen molar-refractivity contribution in [2.45, 2.75) is 39.4 Å². The number of nitrogens with one attached hydrogen (secondary N) is 1. The Morgan fingerprint density at radius 1 is 1.30 bits per heavy atom. The average Bonchev–Trinajstić information content (AvgIpc) is 2.86. The second-order valence-electron chi connectivity index (χ2n) is 5.01. The first-order valence-corrected chi connectivity index (χ1v) is 6.98. The van der Waals surface area contributed by atoms with Crippen molar-refractivity contribution in [2.75, 3.05) is 6.61 Å². The molecule has 0 radical (unpaired) electrons. The van der Waals surface area contributed by atoms with Crippen LogP contribution in [0, 0.1) is 6.92 Å². The van der Waals surface area contributed by atoms with Crippen LogP contribution >= 0.6 is 0 Å². The lowest BCUT2D eigenvalue weighted by Crippen LogP contribution is -2.36. The molecule has 0 fully saturated rings. The molecular formula is C15H22N4O. The molecule has 20 heavy (non-hydrogen) atoms. The highest BCUT2D eigenvalue weighted by atomic mass is 16.3. The van der Waals surface area contributed by atoms with Gasteiger partial charge in [-0.05, 0) is 31.5 Å². The molecule has 0 aliphatic rings. The normalized spacial score (nSPS) is 12.8. The molecule has 0 saturated carbocycles. The summed E-state index contributed by atoms with van der Waals surface area (Å²) in [6.07, 6.45) is 2.69. The zero-order valence-corrected chi connectivity index (χ0v) is 12.1. The van der Waals surface area contributed by atoms with Crippen LogP contribution in [0.15, 0.2) is 30.5 Å². The standard InChI is InChI=1S/C15H22N4O/c1-3-15(11-20)19(9-13-6-4-5-7-16-13)10-14-8-12(2)17-18-14/h4-8,15,20H,3,9-11H2,1-2H3,(H,17,18)/t15-/m0/s1. The van der Waals surface area contributed by atoms with Gasteiger partial charge in [0.15, 0.2) is 0 Å². The van der Waals surface area contributed by atoms with Gasteiger partial charge in [0.05, 0.1) is 18.0 Å². The van der Waals surface area contributed by atoms with Crippen molar-refractivity contribution in [3.63, 3.8) is 0 Å². The van der Waals surface area contributed by atoms with E-state index in [-0.39, 0.29) is 12.6 Å². The lowest BCUT2D eigenvalue weighted by molar-refractivity contribution is 0.104. The van der Waals surface area contributed by atoms with Gasteiger partial charge >= 0.3 is 0 Å². The van der Waals surface area contributed by atoms with E-state index in [4.69, 9.17) is 0 Å². The fourth-order valence-corrected chi connectivity index (χ4v) is 2.28. The molecule has 2 rings (SSSR count). The molecule has 0 bridgehead atoms. The maximum Gasteiger partial charge on any atom is 0.0765 e. The van der Waals surface area contributed by atoms with E-state index in [9.17, 15) is 5.11 Å². The molecule has 0 unspecified atom stereocenters. The zero-order valence-electron chi connectivity index (χ0n) is 12.1. The second kappa shape index (κ2) is 7.17. The molecule has 2 heterocycles. The molecule has 5 heteroatoms. The summed E-state index contributed by atoms with van der Waals surface area (Å²) in [6.45, 7) is 5.64. The zero-order chi connectivity index (χ0) is 14.4. The van der Waals surface area contributed by atoms with Crippen molar-refractivity contribution in [3.05, 3.63) is 47.5 Å². The van der Waals surface area contributed by atoms with Crippen LogP contribution < -0.4 is 0 Å². The number of aliphatic hydroxyl groups excluding tert-OH is 1. The molecule has 0 aromatic carbocycles. The van der Waals surface area contributed by atoms with Crippen molar-refractivity contribution in [2.24, 2.45) is 0 Å². The SMILES string of the molecule is CC[C@@H](CO)N(Cc1ccccn1)Cc1cc(C)[nH]n1. The maximum atomic E-state index is 9.57. The van der Waals surface area contributed by atoms with Crippen molar-refractivity contribution in [3.8, 4) is 0 Å². The van der Waals surface area contributed by atoms with Crippen molar-refractivity contribution >= 4 is 0 Å². The highest BCUT2D eigenvalue weighted by molar-refractivity contribution is 5.08. The van der Waals surface area contributed by atoms with E-state index in [2.05, 4.69) is 27.0 Å². The van der Waals surface area contributed by atoms with Gasteiger partial charge in [0.2, 0.25) is 0 Å². The lowest BCUT2D eigenvalue weighted by atomic mass is 10.1. The number of pyridine rings is 1. The summed E-state index contributed by atoms with van der Waals surface area (Å²) in [4.78, 5) is 6.59. The predicted molar refractivity (Wildman–Crippen MR) is 78.0 cm³/mol.